The molecule has 2 rings (SSSR count). The molecule has 20 heavy (non-hydrogen) atoms. The Morgan fingerprint density at radius 3 is 2.00 bits per heavy atom. The van der Waals surface area contributed by atoms with Crippen LogP contribution in [0.4, 0.5) is 5.69 Å². The lowest BCUT2D eigenvalue weighted by Crippen LogP contribution is -2.17. The quantitative estimate of drug-likeness (QED) is 0.765. The van der Waals surface area contributed by atoms with Crippen LogP contribution in [-0.2, 0) is 6.42 Å². The van der Waals surface area contributed by atoms with Crippen molar-refractivity contribution in [2.75, 3.05) is 5.32 Å². The normalized spacial score (nSPS) is 12.4. The molecule has 1 unspecified atom stereocenters. The lowest BCUT2D eigenvalue weighted by Gasteiger charge is -2.17. The van der Waals surface area contributed by atoms with Gasteiger partial charge in [0.1, 0.15) is 0 Å². The highest BCUT2D eigenvalue weighted by Crippen LogP contribution is 2.16. The Labute approximate surface area is 123 Å². The molecule has 0 bridgehead atoms. The molecule has 0 fully saturated rings. The highest BCUT2D eigenvalue weighted by molar-refractivity contribution is 5.46. The number of hydrogen-bond acceptors (Lipinski definition) is 1. The lowest BCUT2D eigenvalue weighted by atomic mass is 10.0. The predicted molar refractivity (Wildman–Crippen MR) is 88.2 cm³/mol. The third-order valence-corrected chi connectivity index (χ3v) is 3.44. The standard InChI is InChI=1S/C19H25N/c1-15(2)13-16(3)20-19-11-9-18(10-12-19)14-17-7-5-4-6-8-17/h4-12,15-16,20H,13-14H2,1-3H3. The van der Waals surface area contributed by atoms with Crippen molar-refractivity contribution in [2.45, 2.75) is 39.7 Å². The van der Waals surface area contributed by atoms with Crippen LogP contribution in [-0.4, -0.2) is 6.04 Å². The Hall–Kier alpha value is -1.76. The van der Waals surface area contributed by atoms with Crippen molar-refractivity contribution in [2.24, 2.45) is 5.92 Å². The maximum atomic E-state index is 3.56. The van der Waals surface area contributed by atoms with E-state index in [-0.39, 0.29) is 0 Å². The first-order valence-electron chi connectivity index (χ1n) is 7.53. The van der Waals surface area contributed by atoms with E-state index in [0.717, 1.165) is 12.3 Å². The summed E-state index contributed by atoms with van der Waals surface area (Å²) in [4.78, 5) is 0. The van der Waals surface area contributed by atoms with Crippen molar-refractivity contribution >= 4 is 5.69 Å². The molecule has 1 atom stereocenters. The van der Waals surface area contributed by atoms with Crippen LogP contribution < -0.4 is 5.32 Å². The molecule has 2 aromatic carbocycles. The molecule has 1 N–H and O–H groups in total. The molecule has 106 valence electrons. The number of rotatable bonds is 6. The van der Waals surface area contributed by atoms with Crippen LogP contribution in [0.2, 0.25) is 0 Å². The van der Waals surface area contributed by atoms with Crippen LogP contribution in [0.1, 0.15) is 38.3 Å². The third-order valence-electron chi connectivity index (χ3n) is 3.44. The van der Waals surface area contributed by atoms with Gasteiger partial charge >= 0.3 is 0 Å². The molecule has 0 heterocycles. The van der Waals surface area contributed by atoms with Gasteiger partial charge in [0, 0.05) is 11.7 Å². The minimum Gasteiger partial charge on any atom is -0.383 e. The summed E-state index contributed by atoms with van der Waals surface area (Å²) >= 11 is 0. The minimum absolute atomic E-state index is 0.523. The van der Waals surface area contributed by atoms with Gasteiger partial charge in [0.05, 0.1) is 0 Å². The summed E-state index contributed by atoms with van der Waals surface area (Å²) in [6.07, 6.45) is 2.20. The zero-order chi connectivity index (χ0) is 14.4. The molecule has 1 nitrogen and oxygen atoms in total. The Morgan fingerprint density at radius 1 is 0.800 bits per heavy atom. The maximum absolute atomic E-state index is 3.56. The van der Waals surface area contributed by atoms with Gasteiger partial charge in [0.15, 0.2) is 0 Å². The smallest absolute Gasteiger partial charge is 0.0342 e. The molecule has 0 spiro atoms. The van der Waals surface area contributed by atoms with E-state index in [2.05, 4.69) is 80.7 Å². The van der Waals surface area contributed by atoms with E-state index in [1.54, 1.807) is 0 Å². The van der Waals surface area contributed by atoms with Crippen LogP contribution in [0, 0.1) is 5.92 Å². The van der Waals surface area contributed by atoms with Gasteiger partial charge < -0.3 is 5.32 Å². The molecule has 2 aromatic rings. The topological polar surface area (TPSA) is 12.0 Å². The van der Waals surface area contributed by atoms with Crippen molar-refractivity contribution < 1.29 is 0 Å². The van der Waals surface area contributed by atoms with E-state index in [1.165, 1.54) is 23.2 Å². The van der Waals surface area contributed by atoms with Crippen molar-refractivity contribution in [1.82, 2.24) is 0 Å². The summed E-state index contributed by atoms with van der Waals surface area (Å²) in [5.41, 5.74) is 3.94. The predicted octanol–water partition coefficient (Wildman–Crippen LogP) is 5.12. The van der Waals surface area contributed by atoms with E-state index in [9.17, 15) is 0 Å². The Morgan fingerprint density at radius 2 is 1.40 bits per heavy atom. The number of hydrogen-bond donors (Lipinski definition) is 1. The molecule has 0 aliphatic rings. The average Bonchev–Trinajstić information content (AvgIpc) is 2.41. The van der Waals surface area contributed by atoms with Crippen LogP contribution in [0.5, 0.6) is 0 Å². The fourth-order valence-electron chi connectivity index (χ4n) is 2.60. The van der Waals surface area contributed by atoms with Gasteiger partial charge in [0.25, 0.3) is 0 Å². The molecule has 1 heteroatoms. The van der Waals surface area contributed by atoms with E-state index in [4.69, 9.17) is 0 Å². The molecule has 0 saturated carbocycles. The summed E-state index contributed by atoms with van der Waals surface area (Å²) in [5, 5.41) is 3.56. The van der Waals surface area contributed by atoms with Crippen molar-refractivity contribution in [3.8, 4) is 0 Å². The average molecular weight is 267 g/mol. The zero-order valence-corrected chi connectivity index (χ0v) is 12.8. The minimum atomic E-state index is 0.523. The largest absolute Gasteiger partial charge is 0.383 e. The van der Waals surface area contributed by atoms with Gasteiger partial charge in [-0.1, -0.05) is 56.3 Å². The molecule has 0 saturated heterocycles. The van der Waals surface area contributed by atoms with Crippen molar-refractivity contribution in [1.29, 1.82) is 0 Å². The van der Waals surface area contributed by atoms with Gasteiger partial charge in [-0.15, -0.1) is 0 Å². The highest BCUT2D eigenvalue weighted by atomic mass is 14.9. The summed E-state index contributed by atoms with van der Waals surface area (Å²) in [6, 6.07) is 20.0. The summed E-state index contributed by atoms with van der Waals surface area (Å²) in [7, 11) is 0. The van der Waals surface area contributed by atoms with E-state index in [1.807, 2.05) is 0 Å². The summed E-state index contributed by atoms with van der Waals surface area (Å²) < 4.78 is 0. The number of benzene rings is 2. The van der Waals surface area contributed by atoms with Crippen molar-refractivity contribution in [3.05, 3.63) is 65.7 Å². The second kappa shape index (κ2) is 7.14. The molecular formula is C19H25N. The van der Waals surface area contributed by atoms with Gasteiger partial charge in [0.2, 0.25) is 0 Å². The first kappa shape index (κ1) is 14.6. The maximum Gasteiger partial charge on any atom is 0.0342 e. The highest BCUT2D eigenvalue weighted by Gasteiger charge is 2.04. The first-order valence-corrected chi connectivity index (χ1v) is 7.53. The number of anilines is 1. The van der Waals surface area contributed by atoms with E-state index in [0.29, 0.717) is 6.04 Å². The van der Waals surface area contributed by atoms with Crippen LogP contribution in [0.3, 0.4) is 0 Å². The molecule has 0 aliphatic heterocycles. The lowest BCUT2D eigenvalue weighted by molar-refractivity contribution is 0.540. The Balaban J connectivity index is 1.93. The second-order valence-electron chi connectivity index (χ2n) is 6.03. The third kappa shape index (κ3) is 4.73. The van der Waals surface area contributed by atoms with E-state index < -0.39 is 0 Å². The Bertz CT molecular complexity index is 499. The monoisotopic (exact) mass is 267 g/mol. The fourth-order valence-corrected chi connectivity index (χ4v) is 2.60. The zero-order valence-electron chi connectivity index (χ0n) is 12.8. The van der Waals surface area contributed by atoms with E-state index >= 15 is 0 Å². The molecular weight excluding hydrogens is 242 g/mol. The first-order chi connectivity index (χ1) is 9.63. The molecule has 0 aromatic heterocycles. The molecule has 0 aliphatic carbocycles. The van der Waals surface area contributed by atoms with Gasteiger partial charge in [-0.25, -0.2) is 0 Å². The fraction of sp³-hybridized carbons (Fsp3) is 0.368. The van der Waals surface area contributed by atoms with Crippen LogP contribution in [0.25, 0.3) is 0 Å². The van der Waals surface area contributed by atoms with Gasteiger partial charge in [-0.3, -0.25) is 0 Å². The van der Waals surface area contributed by atoms with Crippen LogP contribution in [0.15, 0.2) is 54.6 Å². The molecule has 0 radical (unpaired) electrons. The Kier molecular flexibility index (Phi) is 5.23. The van der Waals surface area contributed by atoms with Gasteiger partial charge in [-0.2, -0.15) is 0 Å². The second-order valence-corrected chi connectivity index (χ2v) is 6.03. The van der Waals surface area contributed by atoms with Crippen LogP contribution >= 0.6 is 0 Å². The molecule has 0 amide bonds. The summed E-state index contributed by atoms with van der Waals surface area (Å²) in [5.74, 6) is 0.731. The summed E-state index contributed by atoms with van der Waals surface area (Å²) in [6.45, 7) is 6.78. The van der Waals surface area contributed by atoms with Gasteiger partial charge in [-0.05, 0) is 48.9 Å². The number of nitrogens with one attached hydrogen (secondary N) is 1. The SMILES string of the molecule is CC(C)CC(C)Nc1ccc(Cc2ccccc2)cc1. The van der Waals surface area contributed by atoms with Crippen molar-refractivity contribution in [3.63, 3.8) is 0 Å².